The molecule has 2 saturated carbocycles. The average Bonchev–Trinajstić information content (AvgIpc) is 3.24. The van der Waals surface area contributed by atoms with Gasteiger partial charge in [0.15, 0.2) is 5.78 Å². The molecule has 3 nitrogen and oxygen atoms in total. The number of benzene rings is 1. The first-order valence-electron chi connectivity index (χ1n) is 6.68. The molecule has 0 spiro atoms. The lowest BCUT2D eigenvalue weighted by Gasteiger charge is -2.01. The van der Waals surface area contributed by atoms with E-state index in [2.05, 4.69) is 10.8 Å². The quantitative estimate of drug-likeness (QED) is 0.661. The Morgan fingerprint density at radius 1 is 1.22 bits per heavy atom. The van der Waals surface area contributed by atoms with E-state index in [1.165, 1.54) is 12.8 Å². The minimum absolute atomic E-state index is 0.268. The average molecular weight is 240 g/mol. The van der Waals surface area contributed by atoms with E-state index in [4.69, 9.17) is 5.73 Å². The number of anilines is 1. The molecule has 1 heterocycles. The maximum absolute atomic E-state index is 12.3. The number of fused-ring (bicyclic) bond motifs is 1. The fourth-order valence-electron chi connectivity index (χ4n) is 2.69. The van der Waals surface area contributed by atoms with Gasteiger partial charge in [0.05, 0.1) is 0 Å². The number of rotatable bonds is 3. The Morgan fingerprint density at radius 2 is 2.00 bits per heavy atom. The van der Waals surface area contributed by atoms with Gasteiger partial charge < -0.3 is 10.3 Å². The van der Waals surface area contributed by atoms with Crippen LogP contribution in [0.4, 0.5) is 5.69 Å². The third-order valence-corrected chi connectivity index (χ3v) is 4.01. The van der Waals surface area contributed by atoms with E-state index >= 15 is 0 Å². The number of nitrogen functional groups attached to an aromatic ring is 1. The van der Waals surface area contributed by atoms with Crippen molar-refractivity contribution in [1.82, 2.24) is 4.57 Å². The van der Waals surface area contributed by atoms with Gasteiger partial charge in [0.25, 0.3) is 0 Å². The monoisotopic (exact) mass is 240 g/mol. The van der Waals surface area contributed by atoms with Crippen molar-refractivity contribution in [2.45, 2.75) is 31.7 Å². The van der Waals surface area contributed by atoms with Crippen LogP contribution >= 0.6 is 0 Å². The van der Waals surface area contributed by atoms with Crippen LogP contribution < -0.4 is 5.73 Å². The van der Waals surface area contributed by atoms with Crippen LogP contribution in [0.5, 0.6) is 0 Å². The van der Waals surface area contributed by atoms with Crippen LogP contribution in [0.25, 0.3) is 10.9 Å². The van der Waals surface area contributed by atoms with Crippen LogP contribution in [0.3, 0.4) is 0 Å². The lowest BCUT2D eigenvalue weighted by atomic mass is 10.1. The Kier molecular flexibility index (Phi) is 1.91. The summed E-state index contributed by atoms with van der Waals surface area (Å²) < 4.78 is 2.27. The molecule has 2 aliphatic carbocycles. The molecule has 2 aromatic rings. The third kappa shape index (κ3) is 1.47. The van der Waals surface area contributed by atoms with Crippen molar-refractivity contribution in [1.29, 1.82) is 0 Å². The summed E-state index contributed by atoms with van der Waals surface area (Å²) >= 11 is 0. The van der Waals surface area contributed by atoms with E-state index in [0.717, 1.165) is 35.0 Å². The van der Waals surface area contributed by atoms with E-state index in [1.54, 1.807) is 0 Å². The molecule has 0 unspecified atom stereocenters. The van der Waals surface area contributed by atoms with Gasteiger partial charge in [-0.25, -0.2) is 0 Å². The zero-order chi connectivity index (χ0) is 12.3. The number of carbonyl (C=O) groups is 1. The molecular weight excluding hydrogens is 224 g/mol. The van der Waals surface area contributed by atoms with Gasteiger partial charge in [0, 0.05) is 40.3 Å². The summed E-state index contributed by atoms with van der Waals surface area (Å²) in [5, 5.41) is 1.04. The molecule has 1 aromatic carbocycles. The van der Waals surface area contributed by atoms with E-state index in [0.29, 0.717) is 11.8 Å². The second kappa shape index (κ2) is 3.37. The standard InChI is InChI=1S/C15H16N2O/c16-10-3-6-14-12(7-10)13(15(18)9-1-2-9)8-17(14)11-4-5-11/h3,6-9,11H,1-2,4-5,16H2. The van der Waals surface area contributed by atoms with Crippen molar-refractivity contribution in [3.63, 3.8) is 0 Å². The molecule has 2 fully saturated rings. The number of aromatic nitrogens is 1. The molecule has 0 atom stereocenters. The highest BCUT2D eigenvalue weighted by molar-refractivity contribution is 6.10. The van der Waals surface area contributed by atoms with Crippen molar-refractivity contribution in [2.75, 3.05) is 5.73 Å². The zero-order valence-corrected chi connectivity index (χ0v) is 10.2. The highest BCUT2D eigenvalue weighted by Crippen LogP contribution is 2.41. The molecule has 0 radical (unpaired) electrons. The minimum atomic E-state index is 0.268. The first-order valence-corrected chi connectivity index (χ1v) is 6.68. The van der Waals surface area contributed by atoms with Crippen LogP contribution in [0, 0.1) is 5.92 Å². The van der Waals surface area contributed by atoms with E-state index in [-0.39, 0.29) is 5.92 Å². The summed E-state index contributed by atoms with van der Waals surface area (Å²) in [7, 11) is 0. The molecule has 0 amide bonds. The van der Waals surface area contributed by atoms with Gasteiger partial charge in [-0.2, -0.15) is 0 Å². The number of hydrogen-bond donors (Lipinski definition) is 1. The van der Waals surface area contributed by atoms with Gasteiger partial charge in [-0.05, 0) is 43.9 Å². The molecule has 0 aliphatic heterocycles. The normalized spacial score (nSPS) is 19.3. The zero-order valence-electron chi connectivity index (χ0n) is 10.2. The van der Waals surface area contributed by atoms with Gasteiger partial charge >= 0.3 is 0 Å². The SMILES string of the molecule is Nc1ccc2c(c1)c(C(=O)C1CC1)cn2C1CC1. The largest absolute Gasteiger partial charge is 0.399 e. The first-order chi connectivity index (χ1) is 8.74. The van der Waals surface area contributed by atoms with Crippen LogP contribution in [-0.2, 0) is 0 Å². The number of nitrogens with zero attached hydrogens (tertiary/aromatic N) is 1. The van der Waals surface area contributed by atoms with Gasteiger partial charge in [0.1, 0.15) is 0 Å². The molecule has 2 N–H and O–H groups in total. The van der Waals surface area contributed by atoms with E-state index in [9.17, 15) is 4.79 Å². The van der Waals surface area contributed by atoms with Gasteiger partial charge in [-0.15, -0.1) is 0 Å². The lowest BCUT2D eigenvalue weighted by Crippen LogP contribution is -2.00. The molecule has 2 aliphatic rings. The molecule has 3 heteroatoms. The predicted molar refractivity (Wildman–Crippen MR) is 71.7 cm³/mol. The van der Waals surface area contributed by atoms with Crippen LogP contribution in [0.1, 0.15) is 42.1 Å². The number of ketones is 1. The molecular formula is C15H16N2O. The Bertz CT molecular complexity index is 648. The lowest BCUT2D eigenvalue weighted by molar-refractivity contribution is 0.0969. The fraction of sp³-hybridized carbons (Fsp3) is 0.400. The minimum Gasteiger partial charge on any atom is -0.399 e. The Labute approximate surface area is 106 Å². The Hall–Kier alpha value is -1.77. The summed E-state index contributed by atoms with van der Waals surface area (Å²) in [5.74, 6) is 0.578. The molecule has 4 rings (SSSR count). The fourth-order valence-corrected chi connectivity index (χ4v) is 2.69. The van der Waals surface area contributed by atoms with Crippen molar-refractivity contribution >= 4 is 22.4 Å². The second-order valence-electron chi connectivity index (χ2n) is 5.60. The predicted octanol–water partition coefficient (Wildman–Crippen LogP) is 3.15. The maximum atomic E-state index is 12.3. The number of hydrogen-bond acceptors (Lipinski definition) is 2. The van der Waals surface area contributed by atoms with Crippen LogP contribution in [0.15, 0.2) is 24.4 Å². The van der Waals surface area contributed by atoms with Crippen molar-refractivity contribution in [3.8, 4) is 0 Å². The number of Topliss-reactive ketones (excluding diaryl/α,β-unsaturated/α-hetero) is 1. The van der Waals surface area contributed by atoms with Crippen LogP contribution in [-0.4, -0.2) is 10.4 Å². The Balaban J connectivity index is 1.94. The van der Waals surface area contributed by atoms with Crippen molar-refractivity contribution in [3.05, 3.63) is 30.0 Å². The summed E-state index contributed by atoms with van der Waals surface area (Å²) in [6, 6.07) is 6.51. The molecule has 1 aromatic heterocycles. The first kappa shape index (κ1) is 10.2. The van der Waals surface area contributed by atoms with Crippen LogP contribution in [0.2, 0.25) is 0 Å². The maximum Gasteiger partial charge on any atom is 0.168 e. The number of nitrogens with two attached hydrogens (primary N) is 1. The van der Waals surface area contributed by atoms with Gasteiger partial charge in [0.2, 0.25) is 0 Å². The molecule has 0 bridgehead atoms. The summed E-state index contributed by atoms with van der Waals surface area (Å²) in [6.45, 7) is 0. The molecule has 18 heavy (non-hydrogen) atoms. The summed E-state index contributed by atoms with van der Waals surface area (Å²) in [4.78, 5) is 12.3. The Morgan fingerprint density at radius 3 is 2.67 bits per heavy atom. The topological polar surface area (TPSA) is 48.0 Å². The second-order valence-corrected chi connectivity index (χ2v) is 5.60. The third-order valence-electron chi connectivity index (χ3n) is 4.01. The highest BCUT2D eigenvalue weighted by Gasteiger charge is 2.34. The summed E-state index contributed by atoms with van der Waals surface area (Å²) in [6.07, 6.45) is 6.62. The smallest absolute Gasteiger partial charge is 0.168 e. The highest BCUT2D eigenvalue weighted by atomic mass is 16.1. The molecule has 0 saturated heterocycles. The molecule has 92 valence electrons. The van der Waals surface area contributed by atoms with Crippen molar-refractivity contribution in [2.24, 2.45) is 5.92 Å². The van der Waals surface area contributed by atoms with E-state index in [1.807, 2.05) is 18.2 Å². The van der Waals surface area contributed by atoms with E-state index < -0.39 is 0 Å². The van der Waals surface area contributed by atoms with Gasteiger partial charge in [-0.3, -0.25) is 4.79 Å². The summed E-state index contributed by atoms with van der Waals surface area (Å²) in [5.41, 5.74) is 8.65. The number of carbonyl (C=O) groups excluding carboxylic acids is 1. The van der Waals surface area contributed by atoms with Gasteiger partial charge in [-0.1, -0.05) is 0 Å². The van der Waals surface area contributed by atoms with Crippen molar-refractivity contribution < 1.29 is 4.79 Å².